The van der Waals surface area contributed by atoms with Gasteiger partial charge in [-0.2, -0.15) is 5.10 Å². The third kappa shape index (κ3) is 4.05. The molecule has 1 saturated carbocycles. The Bertz CT molecular complexity index is 857. The summed E-state index contributed by atoms with van der Waals surface area (Å²) in [5.41, 5.74) is 8.48. The van der Waals surface area contributed by atoms with Crippen molar-refractivity contribution in [2.45, 2.75) is 46.0 Å². The summed E-state index contributed by atoms with van der Waals surface area (Å²) in [5.74, 6) is 0.0838. The number of nitrogen functional groups attached to an aromatic ring is 1. The molecule has 3 N–H and O–H groups in total. The fourth-order valence-electron chi connectivity index (χ4n) is 3.53. The molecular weight excluding hydrogens is 362 g/mol. The highest BCUT2D eigenvalue weighted by Crippen LogP contribution is 2.35. The van der Waals surface area contributed by atoms with Crippen LogP contribution in [0.5, 0.6) is 0 Å². The van der Waals surface area contributed by atoms with Crippen molar-refractivity contribution in [1.82, 2.24) is 20.4 Å². The molecule has 27 heavy (non-hydrogen) atoms. The van der Waals surface area contributed by atoms with Crippen molar-refractivity contribution in [2.75, 3.05) is 25.9 Å². The van der Waals surface area contributed by atoms with Crippen LogP contribution in [-0.4, -0.2) is 47.0 Å². The van der Waals surface area contributed by atoms with Crippen LogP contribution in [0.4, 0.5) is 5.69 Å². The number of amides is 2. The summed E-state index contributed by atoms with van der Waals surface area (Å²) < 4.78 is 0. The minimum absolute atomic E-state index is 0.110. The zero-order valence-electron chi connectivity index (χ0n) is 16.2. The van der Waals surface area contributed by atoms with Gasteiger partial charge in [0.2, 0.25) is 5.91 Å². The Kier molecular flexibility index (Phi) is 5.94. The van der Waals surface area contributed by atoms with Gasteiger partial charge in [0, 0.05) is 31.4 Å². The molecule has 2 aromatic heterocycles. The summed E-state index contributed by atoms with van der Waals surface area (Å²) in [4.78, 5) is 27.8. The molecule has 1 aliphatic carbocycles. The number of hydrogen-bond donors (Lipinski definition) is 2. The minimum Gasteiger partial charge on any atom is -0.397 e. The summed E-state index contributed by atoms with van der Waals surface area (Å²) in [5, 5.41) is 12.1. The fraction of sp³-hybridized carbons (Fsp3) is 0.579. The fourth-order valence-corrected chi connectivity index (χ4v) is 4.63. The van der Waals surface area contributed by atoms with Crippen molar-refractivity contribution in [3.05, 3.63) is 16.1 Å². The molecule has 3 rings (SSSR count). The molecule has 0 atom stereocenters. The number of nitrogens with zero attached hydrogens (tertiary/aromatic N) is 3. The highest BCUT2D eigenvalue weighted by Gasteiger charge is 2.23. The van der Waals surface area contributed by atoms with Crippen LogP contribution in [0.1, 0.15) is 53.0 Å². The Morgan fingerprint density at radius 1 is 1.22 bits per heavy atom. The van der Waals surface area contributed by atoms with Gasteiger partial charge in [0.1, 0.15) is 9.71 Å². The number of aromatic nitrogens is 2. The predicted octanol–water partition coefficient (Wildman–Crippen LogP) is 2.66. The Labute approximate surface area is 163 Å². The smallest absolute Gasteiger partial charge is 0.265 e. The number of thiophene rings is 1. The molecule has 0 aromatic carbocycles. The second kappa shape index (κ2) is 8.21. The Morgan fingerprint density at radius 3 is 2.63 bits per heavy atom. The minimum atomic E-state index is -0.153. The van der Waals surface area contributed by atoms with Crippen LogP contribution < -0.4 is 11.1 Å². The number of carbonyl (C=O) groups excluding carboxylic acids is 2. The first kappa shape index (κ1) is 19.5. The van der Waals surface area contributed by atoms with Gasteiger partial charge in [-0.15, -0.1) is 16.4 Å². The van der Waals surface area contributed by atoms with E-state index in [4.69, 9.17) is 5.73 Å². The second-order valence-electron chi connectivity index (χ2n) is 7.29. The molecule has 2 heterocycles. The average molecular weight is 390 g/mol. The molecule has 1 aliphatic rings. The van der Waals surface area contributed by atoms with Gasteiger partial charge in [-0.25, -0.2) is 0 Å². The summed E-state index contributed by atoms with van der Waals surface area (Å²) in [6, 6.07) is 0. The van der Waals surface area contributed by atoms with Crippen molar-refractivity contribution in [3.8, 4) is 0 Å². The lowest BCUT2D eigenvalue weighted by molar-refractivity contribution is -0.125. The summed E-state index contributed by atoms with van der Waals surface area (Å²) in [6.45, 7) is 4.70. The highest BCUT2D eigenvalue weighted by molar-refractivity contribution is 7.21. The quantitative estimate of drug-likeness (QED) is 0.819. The van der Waals surface area contributed by atoms with Crippen molar-refractivity contribution < 1.29 is 9.59 Å². The van der Waals surface area contributed by atoms with E-state index in [1.54, 1.807) is 11.9 Å². The number of carbonyl (C=O) groups is 2. The van der Waals surface area contributed by atoms with Crippen LogP contribution in [0.25, 0.3) is 10.2 Å². The maximum Gasteiger partial charge on any atom is 0.265 e. The van der Waals surface area contributed by atoms with E-state index in [0.29, 0.717) is 28.5 Å². The standard InChI is InChI=1S/C19H27N5O2S/c1-11-12(2)22-23-18-14(11)15(20)16(27-18)19(26)24(3)10-9-21-17(25)13-7-5-4-6-8-13/h13H,4-10,20H2,1-3H3,(H,21,25). The lowest BCUT2D eigenvalue weighted by Crippen LogP contribution is -2.39. The number of nitrogens with two attached hydrogens (primary N) is 1. The van der Waals surface area contributed by atoms with E-state index < -0.39 is 0 Å². The Morgan fingerprint density at radius 2 is 1.93 bits per heavy atom. The van der Waals surface area contributed by atoms with Gasteiger partial charge in [0.05, 0.1) is 11.4 Å². The molecule has 7 nitrogen and oxygen atoms in total. The molecule has 0 aliphatic heterocycles. The SMILES string of the molecule is Cc1nnc2sc(C(=O)N(C)CCNC(=O)C3CCCCC3)c(N)c2c1C. The Hall–Kier alpha value is -2.22. The van der Waals surface area contributed by atoms with Crippen LogP contribution in [-0.2, 0) is 4.79 Å². The van der Waals surface area contributed by atoms with Crippen molar-refractivity contribution in [3.63, 3.8) is 0 Å². The molecule has 0 spiro atoms. The average Bonchev–Trinajstić information content (AvgIpc) is 3.01. The topological polar surface area (TPSA) is 101 Å². The lowest BCUT2D eigenvalue weighted by Gasteiger charge is -2.22. The monoisotopic (exact) mass is 389 g/mol. The first-order valence-electron chi connectivity index (χ1n) is 9.45. The zero-order chi connectivity index (χ0) is 19.6. The Balaban J connectivity index is 1.62. The second-order valence-corrected chi connectivity index (χ2v) is 8.29. The summed E-state index contributed by atoms with van der Waals surface area (Å²) >= 11 is 1.27. The van der Waals surface area contributed by atoms with E-state index in [0.717, 1.165) is 42.3 Å². The van der Waals surface area contributed by atoms with Crippen LogP contribution in [0.2, 0.25) is 0 Å². The van der Waals surface area contributed by atoms with Gasteiger partial charge in [0.15, 0.2) is 0 Å². The van der Waals surface area contributed by atoms with Gasteiger partial charge >= 0.3 is 0 Å². The van der Waals surface area contributed by atoms with Crippen LogP contribution in [0, 0.1) is 19.8 Å². The van der Waals surface area contributed by atoms with Crippen LogP contribution in [0.15, 0.2) is 0 Å². The van der Waals surface area contributed by atoms with E-state index in [9.17, 15) is 9.59 Å². The van der Waals surface area contributed by atoms with Crippen molar-refractivity contribution in [1.29, 1.82) is 0 Å². The normalized spacial score (nSPS) is 15.1. The lowest BCUT2D eigenvalue weighted by atomic mass is 9.89. The molecular formula is C19H27N5O2S. The number of fused-ring (bicyclic) bond motifs is 1. The molecule has 2 amide bonds. The third-order valence-electron chi connectivity index (χ3n) is 5.40. The first-order valence-corrected chi connectivity index (χ1v) is 10.3. The first-order chi connectivity index (χ1) is 12.9. The maximum absolute atomic E-state index is 12.8. The largest absolute Gasteiger partial charge is 0.397 e. The number of likely N-dealkylation sites (N-methyl/N-ethyl adjacent to an activating group) is 1. The number of nitrogens with one attached hydrogen (secondary N) is 1. The summed E-state index contributed by atoms with van der Waals surface area (Å²) in [7, 11) is 1.72. The number of anilines is 1. The van der Waals surface area contributed by atoms with E-state index >= 15 is 0 Å². The molecule has 0 saturated heterocycles. The highest BCUT2D eigenvalue weighted by atomic mass is 32.1. The molecule has 146 valence electrons. The summed E-state index contributed by atoms with van der Waals surface area (Å²) in [6.07, 6.45) is 5.42. The van der Waals surface area contributed by atoms with Crippen LogP contribution >= 0.6 is 11.3 Å². The van der Waals surface area contributed by atoms with E-state index in [1.165, 1.54) is 17.8 Å². The molecule has 2 aromatic rings. The number of hydrogen-bond acceptors (Lipinski definition) is 6. The molecule has 8 heteroatoms. The van der Waals surface area contributed by atoms with E-state index in [2.05, 4.69) is 15.5 Å². The number of rotatable bonds is 5. The molecule has 1 fully saturated rings. The van der Waals surface area contributed by atoms with Gasteiger partial charge < -0.3 is 16.0 Å². The van der Waals surface area contributed by atoms with Gasteiger partial charge in [-0.3, -0.25) is 9.59 Å². The van der Waals surface area contributed by atoms with E-state index in [1.807, 2.05) is 13.8 Å². The van der Waals surface area contributed by atoms with Gasteiger partial charge in [0.25, 0.3) is 5.91 Å². The molecule has 0 bridgehead atoms. The van der Waals surface area contributed by atoms with Crippen LogP contribution in [0.3, 0.4) is 0 Å². The van der Waals surface area contributed by atoms with Gasteiger partial charge in [-0.05, 0) is 32.3 Å². The van der Waals surface area contributed by atoms with Crippen molar-refractivity contribution in [2.24, 2.45) is 5.92 Å². The molecule has 0 radical (unpaired) electrons. The molecule has 0 unspecified atom stereocenters. The van der Waals surface area contributed by atoms with E-state index in [-0.39, 0.29) is 17.7 Å². The predicted molar refractivity (Wildman–Crippen MR) is 108 cm³/mol. The zero-order valence-corrected chi connectivity index (χ0v) is 17.0. The third-order valence-corrected chi connectivity index (χ3v) is 6.48. The van der Waals surface area contributed by atoms with Gasteiger partial charge in [-0.1, -0.05) is 19.3 Å². The number of aryl methyl sites for hydroxylation is 2. The van der Waals surface area contributed by atoms with Crippen molar-refractivity contribution >= 4 is 39.1 Å². The maximum atomic E-state index is 12.8.